The van der Waals surface area contributed by atoms with Crippen LogP contribution in [0, 0.1) is 20.8 Å². The normalized spacial score (nSPS) is 10.3. The second-order valence-corrected chi connectivity index (χ2v) is 4.25. The van der Waals surface area contributed by atoms with Gasteiger partial charge in [-0.15, -0.1) is 0 Å². The molecule has 0 spiro atoms. The molecule has 0 aliphatic carbocycles. The van der Waals surface area contributed by atoms with Crippen LogP contribution in [0.5, 0.6) is 0 Å². The Labute approximate surface area is 101 Å². The monoisotopic (exact) mass is 226 g/mol. The van der Waals surface area contributed by atoms with E-state index in [9.17, 15) is 4.79 Å². The van der Waals surface area contributed by atoms with Crippen molar-refractivity contribution in [3.8, 4) is 0 Å². The summed E-state index contributed by atoms with van der Waals surface area (Å²) >= 11 is 0. The SMILES string of the molecule is Cc1cc(C)cc(C(=O)c2cnc(C)cn2)c1. The molecule has 0 N–H and O–H groups in total. The lowest BCUT2D eigenvalue weighted by Gasteiger charge is -2.03. The van der Waals surface area contributed by atoms with E-state index < -0.39 is 0 Å². The van der Waals surface area contributed by atoms with Crippen LogP contribution in [0.25, 0.3) is 0 Å². The molecule has 17 heavy (non-hydrogen) atoms. The van der Waals surface area contributed by atoms with Gasteiger partial charge in [-0.3, -0.25) is 9.78 Å². The van der Waals surface area contributed by atoms with Gasteiger partial charge in [0.15, 0.2) is 0 Å². The number of rotatable bonds is 2. The zero-order valence-electron chi connectivity index (χ0n) is 10.2. The average molecular weight is 226 g/mol. The number of carbonyl (C=O) groups excluding carboxylic acids is 1. The van der Waals surface area contributed by atoms with E-state index in [-0.39, 0.29) is 5.78 Å². The van der Waals surface area contributed by atoms with Crippen LogP contribution in [0.15, 0.2) is 30.6 Å². The Kier molecular flexibility index (Phi) is 3.00. The molecule has 1 aromatic carbocycles. The standard InChI is InChI=1S/C14H14N2O/c1-9-4-10(2)6-12(5-9)14(17)13-8-15-11(3)7-16-13/h4-8H,1-3H3. The molecule has 0 saturated carbocycles. The summed E-state index contributed by atoms with van der Waals surface area (Å²) in [6.07, 6.45) is 3.13. The highest BCUT2D eigenvalue weighted by atomic mass is 16.1. The Morgan fingerprint density at radius 2 is 1.59 bits per heavy atom. The van der Waals surface area contributed by atoms with Gasteiger partial charge in [-0.2, -0.15) is 0 Å². The lowest BCUT2D eigenvalue weighted by atomic mass is 10.0. The highest BCUT2D eigenvalue weighted by Gasteiger charge is 2.11. The van der Waals surface area contributed by atoms with Crippen LogP contribution in [0.2, 0.25) is 0 Å². The number of carbonyl (C=O) groups is 1. The minimum Gasteiger partial charge on any atom is -0.287 e. The third kappa shape index (κ3) is 2.56. The lowest BCUT2D eigenvalue weighted by Crippen LogP contribution is -2.05. The van der Waals surface area contributed by atoms with Crippen LogP contribution in [-0.2, 0) is 0 Å². The Balaban J connectivity index is 2.40. The molecule has 0 radical (unpaired) electrons. The fourth-order valence-corrected chi connectivity index (χ4v) is 1.76. The van der Waals surface area contributed by atoms with E-state index in [1.165, 1.54) is 6.20 Å². The molecule has 0 amide bonds. The van der Waals surface area contributed by atoms with Gasteiger partial charge in [0.05, 0.1) is 11.9 Å². The predicted molar refractivity (Wildman–Crippen MR) is 66.1 cm³/mol. The molecule has 0 saturated heterocycles. The van der Waals surface area contributed by atoms with Gasteiger partial charge in [0.2, 0.25) is 5.78 Å². The number of hydrogen-bond donors (Lipinski definition) is 0. The smallest absolute Gasteiger partial charge is 0.212 e. The van der Waals surface area contributed by atoms with E-state index in [0.717, 1.165) is 16.8 Å². The second-order valence-electron chi connectivity index (χ2n) is 4.25. The Hall–Kier alpha value is -2.03. The van der Waals surface area contributed by atoms with Crippen molar-refractivity contribution in [2.45, 2.75) is 20.8 Å². The summed E-state index contributed by atoms with van der Waals surface area (Å²) in [5.41, 5.74) is 4.02. The van der Waals surface area contributed by atoms with Gasteiger partial charge in [0.25, 0.3) is 0 Å². The number of aryl methyl sites for hydroxylation is 3. The van der Waals surface area contributed by atoms with Crippen molar-refractivity contribution in [1.82, 2.24) is 9.97 Å². The zero-order chi connectivity index (χ0) is 12.4. The maximum absolute atomic E-state index is 12.2. The molecular formula is C14H14N2O. The van der Waals surface area contributed by atoms with Gasteiger partial charge in [-0.05, 0) is 32.9 Å². The lowest BCUT2D eigenvalue weighted by molar-refractivity contribution is 0.103. The fraction of sp³-hybridized carbons (Fsp3) is 0.214. The van der Waals surface area contributed by atoms with Crippen LogP contribution in [0.3, 0.4) is 0 Å². The predicted octanol–water partition coefficient (Wildman–Crippen LogP) is 2.63. The maximum atomic E-state index is 12.2. The molecule has 0 bridgehead atoms. The summed E-state index contributed by atoms with van der Waals surface area (Å²) in [4.78, 5) is 20.3. The van der Waals surface area contributed by atoms with E-state index in [2.05, 4.69) is 9.97 Å². The molecule has 2 rings (SSSR count). The highest BCUT2D eigenvalue weighted by Crippen LogP contribution is 2.12. The van der Waals surface area contributed by atoms with Crippen molar-refractivity contribution >= 4 is 5.78 Å². The van der Waals surface area contributed by atoms with E-state index in [0.29, 0.717) is 11.3 Å². The van der Waals surface area contributed by atoms with Gasteiger partial charge >= 0.3 is 0 Å². The second kappa shape index (κ2) is 4.45. The van der Waals surface area contributed by atoms with Gasteiger partial charge in [0, 0.05) is 11.8 Å². The van der Waals surface area contributed by atoms with E-state index in [1.807, 2.05) is 39.0 Å². The topological polar surface area (TPSA) is 42.9 Å². The van der Waals surface area contributed by atoms with Crippen LogP contribution < -0.4 is 0 Å². The Bertz CT molecular complexity index is 539. The van der Waals surface area contributed by atoms with Gasteiger partial charge in [0.1, 0.15) is 5.69 Å². The van der Waals surface area contributed by atoms with Crippen LogP contribution in [0.4, 0.5) is 0 Å². The van der Waals surface area contributed by atoms with E-state index in [1.54, 1.807) is 6.20 Å². The average Bonchev–Trinajstić information content (AvgIpc) is 2.28. The van der Waals surface area contributed by atoms with Crippen LogP contribution >= 0.6 is 0 Å². The first-order valence-electron chi connectivity index (χ1n) is 5.48. The van der Waals surface area contributed by atoms with Crippen molar-refractivity contribution < 1.29 is 4.79 Å². The molecule has 0 aliphatic heterocycles. The number of hydrogen-bond acceptors (Lipinski definition) is 3. The summed E-state index contributed by atoms with van der Waals surface area (Å²) in [5, 5.41) is 0. The third-order valence-electron chi connectivity index (χ3n) is 2.50. The van der Waals surface area contributed by atoms with Gasteiger partial charge < -0.3 is 0 Å². The first kappa shape index (κ1) is 11.5. The number of benzene rings is 1. The maximum Gasteiger partial charge on any atom is 0.212 e. The summed E-state index contributed by atoms with van der Waals surface area (Å²) in [5.74, 6) is -0.0794. The summed E-state index contributed by atoms with van der Waals surface area (Å²) < 4.78 is 0. The number of ketones is 1. The number of aromatic nitrogens is 2. The van der Waals surface area contributed by atoms with E-state index in [4.69, 9.17) is 0 Å². The zero-order valence-corrected chi connectivity index (χ0v) is 10.2. The molecule has 1 heterocycles. The largest absolute Gasteiger partial charge is 0.287 e. The fourth-order valence-electron chi connectivity index (χ4n) is 1.76. The molecule has 1 aromatic heterocycles. The summed E-state index contributed by atoms with van der Waals surface area (Å²) in [7, 11) is 0. The molecule has 0 unspecified atom stereocenters. The molecule has 86 valence electrons. The Morgan fingerprint density at radius 3 is 2.12 bits per heavy atom. The minimum atomic E-state index is -0.0794. The highest BCUT2D eigenvalue weighted by molar-refractivity contribution is 6.07. The van der Waals surface area contributed by atoms with Gasteiger partial charge in [-0.25, -0.2) is 4.98 Å². The molecule has 3 heteroatoms. The molecular weight excluding hydrogens is 212 g/mol. The summed E-state index contributed by atoms with van der Waals surface area (Å²) in [6, 6.07) is 5.78. The van der Waals surface area contributed by atoms with Gasteiger partial charge in [-0.1, -0.05) is 17.2 Å². The van der Waals surface area contributed by atoms with Crippen molar-refractivity contribution in [1.29, 1.82) is 0 Å². The van der Waals surface area contributed by atoms with Crippen LogP contribution in [0.1, 0.15) is 32.9 Å². The molecule has 3 nitrogen and oxygen atoms in total. The Morgan fingerprint density at radius 1 is 0.941 bits per heavy atom. The van der Waals surface area contributed by atoms with Crippen molar-refractivity contribution in [3.63, 3.8) is 0 Å². The van der Waals surface area contributed by atoms with Crippen LogP contribution in [-0.4, -0.2) is 15.8 Å². The first-order valence-corrected chi connectivity index (χ1v) is 5.48. The molecule has 0 fully saturated rings. The van der Waals surface area contributed by atoms with Crippen molar-refractivity contribution in [3.05, 3.63) is 58.7 Å². The molecule has 0 aliphatic rings. The first-order chi connectivity index (χ1) is 8.06. The third-order valence-corrected chi connectivity index (χ3v) is 2.50. The molecule has 0 atom stereocenters. The van der Waals surface area contributed by atoms with Crippen molar-refractivity contribution in [2.24, 2.45) is 0 Å². The quantitative estimate of drug-likeness (QED) is 0.739. The van der Waals surface area contributed by atoms with Crippen molar-refractivity contribution in [2.75, 3.05) is 0 Å². The number of nitrogens with zero attached hydrogens (tertiary/aromatic N) is 2. The minimum absolute atomic E-state index is 0.0794. The van der Waals surface area contributed by atoms with E-state index >= 15 is 0 Å². The molecule has 2 aromatic rings. The summed E-state index contributed by atoms with van der Waals surface area (Å²) in [6.45, 7) is 5.80.